The Hall–Kier alpha value is -0.480. The zero-order chi connectivity index (χ0) is 10.7. The fourth-order valence-corrected chi connectivity index (χ4v) is 1.93. The predicted octanol–water partition coefficient (Wildman–Crippen LogP) is 3.02. The molecule has 1 unspecified atom stereocenters. The Bertz CT molecular complexity index is 354. The number of Topliss-reactive ketones (excluding diaryl/α,β-unsaturated/α-hetero) is 1. The molecule has 4 heteroatoms. The van der Waals surface area contributed by atoms with Gasteiger partial charge in [-0.2, -0.15) is 0 Å². The predicted molar refractivity (Wildman–Crippen MR) is 65.0 cm³/mol. The Morgan fingerprint density at radius 1 is 1.57 bits per heavy atom. The number of benzene rings is 1. The van der Waals surface area contributed by atoms with E-state index >= 15 is 0 Å². The Kier molecular flexibility index (Phi) is 4.01. The van der Waals surface area contributed by atoms with Crippen LogP contribution in [0, 0.1) is 0 Å². The van der Waals surface area contributed by atoms with E-state index in [-0.39, 0.29) is 10.6 Å². The summed E-state index contributed by atoms with van der Waals surface area (Å²) in [6.45, 7) is 1.55. The minimum absolute atomic E-state index is 0.0845. The van der Waals surface area contributed by atoms with Crippen molar-refractivity contribution in [1.82, 2.24) is 0 Å². The molecule has 0 aromatic heterocycles. The average molecular weight is 274 g/mol. The van der Waals surface area contributed by atoms with Gasteiger partial charge in [-0.3, -0.25) is 4.79 Å². The fraction of sp³-hybridized carbons (Fsp3) is 0.300. The summed E-state index contributed by atoms with van der Waals surface area (Å²) >= 11 is 4.92. The maximum atomic E-state index is 11.1. The summed E-state index contributed by atoms with van der Waals surface area (Å²) in [5.74, 6) is 0.0845. The third-order valence-corrected chi connectivity index (χ3v) is 3.89. The van der Waals surface area contributed by atoms with Gasteiger partial charge in [-0.25, -0.2) is 0 Å². The van der Waals surface area contributed by atoms with E-state index in [4.69, 9.17) is 5.73 Å². The molecule has 0 saturated carbocycles. The zero-order valence-electron chi connectivity index (χ0n) is 8.08. The van der Waals surface area contributed by atoms with Gasteiger partial charge in [0.15, 0.2) is 0 Å². The highest BCUT2D eigenvalue weighted by Crippen LogP contribution is 2.30. The molecule has 1 atom stereocenters. The molecule has 0 aliphatic rings. The van der Waals surface area contributed by atoms with Crippen molar-refractivity contribution in [3.63, 3.8) is 0 Å². The first-order valence-electron chi connectivity index (χ1n) is 4.14. The van der Waals surface area contributed by atoms with Gasteiger partial charge in [0.2, 0.25) is 0 Å². The van der Waals surface area contributed by atoms with Crippen LogP contribution in [-0.2, 0) is 4.79 Å². The number of nitrogens with two attached hydrogens (primary N) is 1. The minimum atomic E-state index is -0.249. The molecular formula is C10H12BrNOS. The molecule has 0 amide bonds. The lowest BCUT2D eigenvalue weighted by atomic mass is 10.1. The normalized spacial score (nSPS) is 12.5. The van der Waals surface area contributed by atoms with Gasteiger partial charge in [-0.15, -0.1) is 11.8 Å². The number of hydrogen-bond donors (Lipinski definition) is 1. The van der Waals surface area contributed by atoms with E-state index in [1.165, 1.54) is 0 Å². The van der Waals surface area contributed by atoms with Gasteiger partial charge >= 0.3 is 0 Å². The van der Waals surface area contributed by atoms with Gasteiger partial charge in [0.25, 0.3) is 0 Å². The number of alkyl halides is 1. The number of ketones is 1. The molecule has 0 radical (unpaired) electrons. The number of thioether (sulfide) groups is 1. The first kappa shape index (κ1) is 11.6. The van der Waals surface area contributed by atoms with Crippen LogP contribution in [0.5, 0.6) is 0 Å². The van der Waals surface area contributed by atoms with Crippen LogP contribution in [0.15, 0.2) is 23.1 Å². The van der Waals surface area contributed by atoms with E-state index in [2.05, 4.69) is 15.9 Å². The summed E-state index contributed by atoms with van der Waals surface area (Å²) in [4.78, 5) is 11.9. The Balaban J connectivity index is 3.02. The van der Waals surface area contributed by atoms with Crippen molar-refractivity contribution >= 4 is 39.2 Å². The fourth-order valence-electron chi connectivity index (χ4n) is 1.15. The van der Waals surface area contributed by atoms with Gasteiger partial charge in [-0.1, -0.05) is 22.0 Å². The number of nitrogen functional groups attached to an aromatic ring is 1. The van der Waals surface area contributed by atoms with Crippen molar-refractivity contribution in [2.45, 2.75) is 16.6 Å². The molecule has 14 heavy (non-hydrogen) atoms. The van der Waals surface area contributed by atoms with Crippen molar-refractivity contribution in [1.29, 1.82) is 0 Å². The molecular weight excluding hydrogens is 262 g/mol. The van der Waals surface area contributed by atoms with Gasteiger partial charge in [0, 0.05) is 10.6 Å². The number of hydrogen-bond acceptors (Lipinski definition) is 3. The van der Waals surface area contributed by atoms with Crippen LogP contribution in [-0.4, -0.2) is 12.0 Å². The summed E-state index contributed by atoms with van der Waals surface area (Å²) in [6, 6.07) is 5.70. The van der Waals surface area contributed by atoms with Crippen molar-refractivity contribution in [3.8, 4) is 0 Å². The number of anilines is 1. The smallest absolute Gasteiger partial charge is 0.147 e. The van der Waals surface area contributed by atoms with E-state index in [1.807, 2.05) is 24.5 Å². The molecule has 0 heterocycles. The Labute approximate surface area is 96.4 Å². The molecule has 1 aromatic rings. The molecule has 1 rings (SSSR count). The number of rotatable bonds is 3. The highest BCUT2D eigenvalue weighted by molar-refractivity contribution is 9.09. The largest absolute Gasteiger partial charge is 0.398 e. The maximum Gasteiger partial charge on any atom is 0.147 e. The monoisotopic (exact) mass is 273 g/mol. The molecule has 2 nitrogen and oxygen atoms in total. The first-order chi connectivity index (χ1) is 6.56. The standard InChI is InChI=1S/C10H12BrNOS/c1-6(13)10(11)7-3-4-9(14-2)8(12)5-7/h3-5,10H,12H2,1-2H3. The molecule has 1 aromatic carbocycles. The molecule has 0 aliphatic heterocycles. The van der Waals surface area contributed by atoms with Gasteiger partial charge in [-0.05, 0) is 30.9 Å². The molecule has 2 N–H and O–H groups in total. The maximum absolute atomic E-state index is 11.1. The lowest BCUT2D eigenvalue weighted by Gasteiger charge is -2.09. The summed E-state index contributed by atoms with van der Waals surface area (Å²) < 4.78 is 0. The number of carbonyl (C=O) groups is 1. The molecule has 0 bridgehead atoms. The second-order valence-electron chi connectivity index (χ2n) is 2.97. The van der Waals surface area contributed by atoms with Gasteiger partial charge in [0.05, 0.1) is 4.83 Å². The number of halogens is 1. The molecule has 0 aliphatic carbocycles. The summed E-state index contributed by atoms with van der Waals surface area (Å²) in [6.07, 6.45) is 1.97. The molecule has 0 fully saturated rings. The number of carbonyl (C=O) groups excluding carboxylic acids is 1. The average Bonchev–Trinajstić information content (AvgIpc) is 2.16. The van der Waals surface area contributed by atoms with Crippen LogP contribution in [0.4, 0.5) is 5.69 Å². The van der Waals surface area contributed by atoms with Crippen molar-refractivity contribution < 1.29 is 4.79 Å². The topological polar surface area (TPSA) is 43.1 Å². The minimum Gasteiger partial charge on any atom is -0.398 e. The second kappa shape index (κ2) is 4.84. The van der Waals surface area contributed by atoms with E-state index in [0.717, 1.165) is 16.1 Å². The molecule has 76 valence electrons. The van der Waals surface area contributed by atoms with Gasteiger partial charge in [0.1, 0.15) is 5.78 Å². The first-order valence-corrected chi connectivity index (χ1v) is 6.28. The van der Waals surface area contributed by atoms with Crippen LogP contribution in [0.2, 0.25) is 0 Å². The lowest BCUT2D eigenvalue weighted by Crippen LogP contribution is -2.02. The Morgan fingerprint density at radius 2 is 2.21 bits per heavy atom. The third-order valence-electron chi connectivity index (χ3n) is 1.90. The lowest BCUT2D eigenvalue weighted by molar-refractivity contribution is -0.116. The van der Waals surface area contributed by atoms with E-state index in [9.17, 15) is 4.79 Å². The van der Waals surface area contributed by atoms with Crippen LogP contribution in [0.3, 0.4) is 0 Å². The summed E-state index contributed by atoms with van der Waals surface area (Å²) in [5, 5.41) is 0. The summed E-state index contributed by atoms with van der Waals surface area (Å²) in [7, 11) is 0. The van der Waals surface area contributed by atoms with Crippen LogP contribution >= 0.6 is 27.7 Å². The van der Waals surface area contributed by atoms with Crippen LogP contribution < -0.4 is 5.73 Å². The van der Waals surface area contributed by atoms with Crippen molar-refractivity contribution in [2.75, 3.05) is 12.0 Å². The molecule has 0 spiro atoms. The van der Waals surface area contributed by atoms with E-state index < -0.39 is 0 Å². The van der Waals surface area contributed by atoms with E-state index in [1.54, 1.807) is 18.7 Å². The second-order valence-corrected chi connectivity index (χ2v) is 4.74. The SMILES string of the molecule is CSc1ccc(C(Br)C(C)=O)cc1N. The third kappa shape index (κ3) is 2.51. The highest BCUT2D eigenvalue weighted by Gasteiger charge is 2.13. The quantitative estimate of drug-likeness (QED) is 0.523. The van der Waals surface area contributed by atoms with Crippen LogP contribution in [0.1, 0.15) is 17.3 Å². The van der Waals surface area contributed by atoms with Crippen molar-refractivity contribution in [3.05, 3.63) is 23.8 Å². The van der Waals surface area contributed by atoms with Gasteiger partial charge < -0.3 is 5.73 Å². The molecule has 0 saturated heterocycles. The van der Waals surface area contributed by atoms with E-state index in [0.29, 0.717) is 0 Å². The highest BCUT2D eigenvalue weighted by atomic mass is 79.9. The zero-order valence-corrected chi connectivity index (χ0v) is 10.5. The van der Waals surface area contributed by atoms with Crippen molar-refractivity contribution in [2.24, 2.45) is 0 Å². The van der Waals surface area contributed by atoms with Crippen LogP contribution in [0.25, 0.3) is 0 Å². The summed E-state index contributed by atoms with van der Waals surface area (Å²) in [5.41, 5.74) is 7.45. The Morgan fingerprint density at radius 3 is 2.64 bits per heavy atom.